The van der Waals surface area contributed by atoms with Gasteiger partial charge in [-0.1, -0.05) is 18.2 Å². The second kappa shape index (κ2) is 6.73. The van der Waals surface area contributed by atoms with E-state index in [1.165, 1.54) is 0 Å². The lowest BCUT2D eigenvalue weighted by molar-refractivity contribution is 0.0684. The number of rotatable bonds is 7. The maximum atomic E-state index is 8.52. The highest BCUT2D eigenvalue weighted by molar-refractivity contribution is 5.29. The molecule has 0 radical (unpaired) electrons. The van der Waals surface area contributed by atoms with E-state index < -0.39 is 0 Å². The van der Waals surface area contributed by atoms with E-state index in [9.17, 15) is 0 Å². The maximum Gasteiger partial charge on any atom is 0.335 e. The van der Waals surface area contributed by atoms with Crippen molar-refractivity contribution in [2.75, 3.05) is 26.4 Å². The summed E-state index contributed by atoms with van der Waals surface area (Å²) in [5.41, 5.74) is 0.927. The van der Waals surface area contributed by atoms with Crippen LogP contribution < -0.4 is 4.74 Å². The Balaban J connectivity index is 1.83. The topological polar surface area (TPSA) is 69.4 Å². The van der Waals surface area contributed by atoms with Gasteiger partial charge in [0.15, 0.2) is 0 Å². The van der Waals surface area contributed by atoms with Gasteiger partial charge in [0.2, 0.25) is 0 Å². The molecule has 0 aliphatic heterocycles. The molecule has 18 heavy (non-hydrogen) atoms. The van der Waals surface area contributed by atoms with E-state index in [0.717, 1.165) is 5.69 Å². The molecule has 0 fully saturated rings. The zero-order valence-electron chi connectivity index (χ0n) is 9.90. The van der Waals surface area contributed by atoms with Crippen molar-refractivity contribution in [3.05, 3.63) is 36.7 Å². The summed E-state index contributed by atoms with van der Waals surface area (Å²) in [5.74, 6) is 0. The van der Waals surface area contributed by atoms with Gasteiger partial charge in [-0.3, -0.25) is 0 Å². The molecule has 6 heteroatoms. The van der Waals surface area contributed by atoms with Gasteiger partial charge in [-0.05, 0) is 12.1 Å². The van der Waals surface area contributed by atoms with Crippen molar-refractivity contribution in [2.24, 2.45) is 0 Å². The number of hydrogen-bond donors (Lipinski definition) is 1. The fourth-order valence-electron chi connectivity index (χ4n) is 1.38. The fourth-order valence-corrected chi connectivity index (χ4v) is 1.38. The molecule has 0 saturated carbocycles. The third kappa shape index (κ3) is 3.54. The van der Waals surface area contributed by atoms with Crippen molar-refractivity contribution in [3.63, 3.8) is 0 Å². The molecule has 0 amide bonds. The van der Waals surface area contributed by atoms with Crippen molar-refractivity contribution in [1.82, 2.24) is 14.8 Å². The van der Waals surface area contributed by atoms with Gasteiger partial charge < -0.3 is 14.6 Å². The van der Waals surface area contributed by atoms with Crippen LogP contribution in [0.3, 0.4) is 0 Å². The summed E-state index contributed by atoms with van der Waals surface area (Å²) in [6.07, 6.45) is 1.60. The summed E-state index contributed by atoms with van der Waals surface area (Å²) in [7, 11) is 0. The van der Waals surface area contributed by atoms with Crippen LogP contribution in [0, 0.1) is 0 Å². The standard InChI is InChI=1S/C12H15N3O3/c16-6-7-17-8-9-18-12-13-10-15(14-12)11-4-2-1-3-5-11/h1-5,10,16H,6-9H2. The summed E-state index contributed by atoms with van der Waals surface area (Å²) in [5, 5.41) is 12.7. The van der Waals surface area contributed by atoms with Crippen LogP contribution in [0.5, 0.6) is 6.01 Å². The zero-order valence-corrected chi connectivity index (χ0v) is 9.90. The molecule has 96 valence electrons. The second-order valence-corrected chi connectivity index (χ2v) is 3.49. The Bertz CT molecular complexity index is 459. The van der Waals surface area contributed by atoms with Crippen LogP contribution in [0.4, 0.5) is 0 Å². The molecule has 0 aliphatic carbocycles. The molecule has 1 heterocycles. The third-order valence-electron chi connectivity index (χ3n) is 2.19. The van der Waals surface area contributed by atoms with Crippen molar-refractivity contribution >= 4 is 0 Å². The summed E-state index contributed by atoms with van der Waals surface area (Å²) < 4.78 is 12.0. The van der Waals surface area contributed by atoms with E-state index in [2.05, 4.69) is 10.1 Å². The Morgan fingerprint density at radius 1 is 1.11 bits per heavy atom. The molecule has 1 aromatic carbocycles. The Labute approximate surface area is 105 Å². The van der Waals surface area contributed by atoms with E-state index >= 15 is 0 Å². The van der Waals surface area contributed by atoms with E-state index in [0.29, 0.717) is 25.8 Å². The first kappa shape index (κ1) is 12.5. The highest BCUT2D eigenvalue weighted by Gasteiger charge is 2.02. The van der Waals surface area contributed by atoms with Crippen molar-refractivity contribution in [3.8, 4) is 11.7 Å². The van der Waals surface area contributed by atoms with Crippen LogP contribution in [0.15, 0.2) is 36.7 Å². The first-order chi connectivity index (χ1) is 8.90. The molecule has 1 aromatic heterocycles. The minimum atomic E-state index is 0.0148. The number of aromatic nitrogens is 3. The normalized spacial score (nSPS) is 10.5. The highest BCUT2D eigenvalue weighted by atomic mass is 16.5. The second-order valence-electron chi connectivity index (χ2n) is 3.49. The van der Waals surface area contributed by atoms with Gasteiger partial charge in [0, 0.05) is 0 Å². The summed E-state index contributed by atoms with van der Waals surface area (Å²) in [4.78, 5) is 4.04. The number of ether oxygens (including phenoxy) is 2. The quantitative estimate of drug-likeness (QED) is 0.730. The molecule has 0 spiro atoms. The van der Waals surface area contributed by atoms with Crippen molar-refractivity contribution in [2.45, 2.75) is 0 Å². The first-order valence-corrected chi connectivity index (χ1v) is 5.68. The van der Waals surface area contributed by atoms with Crippen LogP contribution in [0.1, 0.15) is 0 Å². The van der Waals surface area contributed by atoms with E-state index in [4.69, 9.17) is 14.6 Å². The Kier molecular flexibility index (Phi) is 4.68. The van der Waals surface area contributed by atoms with Crippen LogP contribution in [-0.2, 0) is 4.74 Å². The Morgan fingerprint density at radius 3 is 2.72 bits per heavy atom. The summed E-state index contributed by atoms with van der Waals surface area (Å²) in [6.45, 7) is 1.09. The molecule has 0 aliphatic rings. The number of aliphatic hydroxyl groups excluding tert-OH is 1. The molecule has 0 bridgehead atoms. The van der Waals surface area contributed by atoms with Gasteiger partial charge in [0.1, 0.15) is 12.9 Å². The third-order valence-corrected chi connectivity index (χ3v) is 2.19. The molecule has 0 atom stereocenters. The predicted octanol–water partition coefficient (Wildman–Crippen LogP) is 0.655. The molecular weight excluding hydrogens is 234 g/mol. The highest BCUT2D eigenvalue weighted by Crippen LogP contribution is 2.07. The maximum absolute atomic E-state index is 8.52. The lowest BCUT2D eigenvalue weighted by Crippen LogP contribution is -2.09. The largest absolute Gasteiger partial charge is 0.460 e. The number of benzene rings is 1. The molecule has 0 saturated heterocycles. The Morgan fingerprint density at radius 2 is 1.94 bits per heavy atom. The van der Waals surface area contributed by atoms with Crippen LogP contribution >= 0.6 is 0 Å². The van der Waals surface area contributed by atoms with Gasteiger partial charge in [-0.15, -0.1) is 5.10 Å². The van der Waals surface area contributed by atoms with Crippen LogP contribution in [-0.4, -0.2) is 46.3 Å². The van der Waals surface area contributed by atoms with Gasteiger partial charge in [0.05, 0.1) is 25.5 Å². The summed E-state index contributed by atoms with van der Waals surface area (Å²) in [6, 6.07) is 9.98. The average Bonchev–Trinajstić information content (AvgIpc) is 2.88. The minimum absolute atomic E-state index is 0.0148. The van der Waals surface area contributed by atoms with E-state index in [1.807, 2.05) is 30.3 Å². The van der Waals surface area contributed by atoms with Gasteiger partial charge >= 0.3 is 6.01 Å². The molecular formula is C12H15N3O3. The first-order valence-electron chi connectivity index (χ1n) is 5.68. The van der Waals surface area contributed by atoms with Crippen LogP contribution in [0.25, 0.3) is 5.69 Å². The number of para-hydroxylation sites is 1. The SMILES string of the molecule is OCCOCCOc1ncn(-c2ccccc2)n1. The zero-order chi connectivity index (χ0) is 12.6. The molecule has 2 rings (SSSR count). The molecule has 2 aromatic rings. The lowest BCUT2D eigenvalue weighted by Gasteiger charge is -2.02. The predicted molar refractivity (Wildman–Crippen MR) is 64.8 cm³/mol. The molecule has 6 nitrogen and oxygen atoms in total. The molecule has 1 N–H and O–H groups in total. The fraction of sp³-hybridized carbons (Fsp3) is 0.333. The average molecular weight is 249 g/mol. The Hall–Kier alpha value is -1.92. The van der Waals surface area contributed by atoms with E-state index in [-0.39, 0.29) is 6.61 Å². The van der Waals surface area contributed by atoms with Gasteiger partial charge in [-0.25, -0.2) is 4.68 Å². The van der Waals surface area contributed by atoms with E-state index in [1.54, 1.807) is 11.0 Å². The van der Waals surface area contributed by atoms with Gasteiger partial charge in [-0.2, -0.15) is 4.98 Å². The smallest absolute Gasteiger partial charge is 0.335 e. The monoisotopic (exact) mass is 249 g/mol. The minimum Gasteiger partial charge on any atom is -0.460 e. The number of hydrogen-bond acceptors (Lipinski definition) is 5. The van der Waals surface area contributed by atoms with Gasteiger partial charge in [0.25, 0.3) is 0 Å². The van der Waals surface area contributed by atoms with Crippen molar-refractivity contribution < 1.29 is 14.6 Å². The summed E-state index contributed by atoms with van der Waals surface area (Å²) >= 11 is 0. The van der Waals surface area contributed by atoms with Crippen molar-refractivity contribution in [1.29, 1.82) is 0 Å². The molecule has 0 unspecified atom stereocenters. The lowest BCUT2D eigenvalue weighted by atomic mass is 10.3. The van der Waals surface area contributed by atoms with Crippen LogP contribution in [0.2, 0.25) is 0 Å². The number of aliphatic hydroxyl groups is 1. The number of nitrogens with zero attached hydrogens (tertiary/aromatic N) is 3.